The number of rotatable bonds is 6. The highest BCUT2D eigenvalue weighted by molar-refractivity contribution is 8.12. The number of thioether (sulfide) groups is 1. The van der Waals surface area contributed by atoms with Crippen LogP contribution in [0.4, 0.5) is 0 Å². The number of fused-ring (bicyclic) bond motifs is 6. The molecule has 0 bridgehead atoms. The zero-order valence-electron chi connectivity index (χ0n) is 25.7. The van der Waals surface area contributed by atoms with E-state index in [4.69, 9.17) is 0 Å². The van der Waals surface area contributed by atoms with Crippen LogP contribution in [-0.2, 0) is 6.42 Å². The molecule has 4 heteroatoms. The zero-order chi connectivity index (χ0) is 30.3. The molecule has 2 aromatic heterocycles. The minimum atomic E-state index is -0.647. The lowest BCUT2D eigenvalue weighted by Crippen LogP contribution is -2.07. The lowest BCUT2D eigenvalue weighted by molar-refractivity contribution is 0.889. The van der Waals surface area contributed by atoms with Crippen molar-refractivity contribution in [1.29, 1.82) is 0 Å². The van der Waals surface area contributed by atoms with Crippen LogP contribution in [0.25, 0.3) is 50.2 Å². The molecule has 0 N–H and O–H groups in total. The number of nitrogens with zero attached hydrogens (tertiary/aromatic N) is 2. The molecule has 0 amide bonds. The van der Waals surface area contributed by atoms with E-state index in [0.29, 0.717) is 0 Å². The van der Waals surface area contributed by atoms with E-state index in [9.17, 15) is 0 Å². The van der Waals surface area contributed by atoms with Crippen molar-refractivity contribution < 1.29 is 0 Å². The van der Waals surface area contributed by atoms with Crippen LogP contribution in [0.15, 0.2) is 143 Å². The minimum absolute atomic E-state index is 0.647. The topological polar surface area (TPSA) is 9.86 Å². The van der Waals surface area contributed by atoms with Crippen LogP contribution < -0.4 is 5.30 Å². The first-order chi connectivity index (χ1) is 22.2. The molecule has 0 unspecified atom stereocenters. The Labute approximate surface area is 270 Å². The van der Waals surface area contributed by atoms with Gasteiger partial charge in [-0.2, -0.15) is 0 Å². The Morgan fingerprint density at radius 2 is 1.40 bits per heavy atom. The Bertz CT molecular complexity index is 2180. The number of aromatic nitrogens is 2. The van der Waals surface area contributed by atoms with Crippen molar-refractivity contribution in [3.05, 3.63) is 155 Å². The Balaban J connectivity index is 1.19. The van der Waals surface area contributed by atoms with E-state index in [1.54, 1.807) is 0 Å². The molecule has 2 nitrogen and oxygen atoms in total. The zero-order valence-corrected chi connectivity index (χ0v) is 27.4. The second-order valence-corrected chi connectivity index (χ2v) is 15.5. The lowest BCUT2D eigenvalue weighted by Gasteiger charge is -2.23. The van der Waals surface area contributed by atoms with E-state index in [-0.39, 0.29) is 0 Å². The van der Waals surface area contributed by atoms with Crippen LogP contribution in [-0.4, -0.2) is 14.9 Å². The molecular formula is C41H35N2PS. The first-order valence-electron chi connectivity index (χ1n) is 15.7. The van der Waals surface area contributed by atoms with Crippen molar-refractivity contribution in [3.8, 4) is 5.69 Å². The van der Waals surface area contributed by atoms with Gasteiger partial charge in [0.25, 0.3) is 0 Å². The Hall–Kier alpha value is -4.30. The molecule has 0 fully saturated rings. The van der Waals surface area contributed by atoms with E-state index >= 15 is 0 Å². The molecule has 45 heavy (non-hydrogen) atoms. The Kier molecular flexibility index (Phi) is 7.45. The van der Waals surface area contributed by atoms with Gasteiger partial charge in [-0.25, -0.2) is 0 Å². The van der Waals surface area contributed by atoms with Gasteiger partial charge >= 0.3 is 0 Å². The number of allylic oxidation sites excluding steroid dienone is 7. The van der Waals surface area contributed by atoms with Crippen LogP contribution in [0, 0.1) is 0 Å². The van der Waals surface area contributed by atoms with Gasteiger partial charge in [0.1, 0.15) is 0 Å². The van der Waals surface area contributed by atoms with Crippen LogP contribution in [0.1, 0.15) is 31.5 Å². The average Bonchev–Trinajstić information content (AvgIpc) is 3.61. The molecule has 220 valence electrons. The Morgan fingerprint density at radius 1 is 0.733 bits per heavy atom. The van der Waals surface area contributed by atoms with E-state index in [2.05, 4.69) is 163 Å². The molecule has 0 spiro atoms. The molecular weight excluding hydrogens is 584 g/mol. The summed E-state index contributed by atoms with van der Waals surface area (Å²) in [6.07, 6.45) is 18.3. The summed E-state index contributed by atoms with van der Waals surface area (Å²) in [5.74, 6) is 1.03. The first-order valence-corrected chi connectivity index (χ1v) is 18.0. The molecule has 1 aliphatic carbocycles. The summed E-state index contributed by atoms with van der Waals surface area (Å²) in [7, 11) is -0.647. The van der Waals surface area contributed by atoms with Crippen molar-refractivity contribution in [2.75, 3.05) is 5.75 Å². The maximum atomic E-state index is 2.48. The molecule has 1 atom stereocenters. The van der Waals surface area contributed by atoms with Crippen molar-refractivity contribution >= 4 is 69.5 Å². The average molecular weight is 619 g/mol. The summed E-state index contributed by atoms with van der Waals surface area (Å²) < 4.78 is 6.35. The predicted octanol–water partition coefficient (Wildman–Crippen LogP) is 11.4. The fourth-order valence-electron chi connectivity index (χ4n) is 6.94. The Morgan fingerprint density at radius 3 is 2.09 bits per heavy atom. The van der Waals surface area contributed by atoms with Gasteiger partial charge in [-0.05, 0) is 87.7 Å². The quantitative estimate of drug-likeness (QED) is 0.133. The fourth-order valence-corrected chi connectivity index (χ4v) is 10.9. The molecule has 0 saturated carbocycles. The summed E-state index contributed by atoms with van der Waals surface area (Å²) in [5.41, 5.74) is 9.07. The smallest absolute Gasteiger partial charge is 0.0537 e. The first kappa shape index (κ1) is 28.2. The standard InChI is InChI=1S/C41H35N2PS/c1-29(42-37-17-7-3-13-33(37)34-14-4-8-18-38(34)42)22-23-30(2)44(41-21-11-12-28-45-41)32-26-24-31(25-27-32)43-39-19-9-5-15-35(39)36-16-6-10-20-40(36)43/h3-9,11-19,21-27H,10,20,28H2,1-2H3/b29-22+,30-23+/t44-/m0/s1. The highest BCUT2D eigenvalue weighted by Crippen LogP contribution is 2.56. The third-order valence-corrected chi connectivity index (χ3v) is 13.0. The van der Waals surface area contributed by atoms with Gasteiger partial charge in [0, 0.05) is 49.2 Å². The van der Waals surface area contributed by atoms with Gasteiger partial charge in [0.15, 0.2) is 0 Å². The number of hydrogen-bond acceptors (Lipinski definition) is 1. The maximum Gasteiger partial charge on any atom is 0.0537 e. The monoisotopic (exact) mass is 618 g/mol. The summed E-state index contributed by atoms with van der Waals surface area (Å²) in [5, 5.41) is 6.74. The van der Waals surface area contributed by atoms with E-state index in [0.717, 1.165) is 18.6 Å². The SMILES string of the molecule is C/C(=C\C=C(/C)[P@](C1=CC=CCS1)c1ccc(-n2c3c(c4ccccc42)C=CCC3)cc1)n1c2ccccc2c2ccccc21. The van der Waals surface area contributed by atoms with Crippen LogP contribution in [0.3, 0.4) is 0 Å². The maximum absolute atomic E-state index is 2.48. The number of para-hydroxylation sites is 3. The highest BCUT2D eigenvalue weighted by atomic mass is 32.2. The molecule has 6 aromatic rings. The van der Waals surface area contributed by atoms with Gasteiger partial charge < -0.3 is 9.13 Å². The summed E-state index contributed by atoms with van der Waals surface area (Å²) >= 11 is 1.98. The van der Waals surface area contributed by atoms with Crippen LogP contribution in [0.2, 0.25) is 0 Å². The second kappa shape index (κ2) is 11.9. The third kappa shape index (κ3) is 4.96. The molecule has 0 radical (unpaired) electrons. The van der Waals surface area contributed by atoms with E-state index in [1.807, 2.05) is 11.8 Å². The summed E-state index contributed by atoms with van der Waals surface area (Å²) in [6.45, 7) is 4.55. The van der Waals surface area contributed by atoms with Crippen molar-refractivity contribution in [2.45, 2.75) is 26.7 Å². The third-order valence-electron chi connectivity index (χ3n) is 8.99. The largest absolute Gasteiger partial charge is 0.313 e. The lowest BCUT2D eigenvalue weighted by atomic mass is 10.0. The summed E-state index contributed by atoms with van der Waals surface area (Å²) in [6, 6.07) is 35.7. The normalized spacial score (nSPS) is 16.0. The number of benzene rings is 4. The van der Waals surface area contributed by atoms with Crippen LogP contribution in [0.5, 0.6) is 0 Å². The highest BCUT2D eigenvalue weighted by Gasteiger charge is 2.22. The number of hydrogen-bond donors (Lipinski definition) is 0. The molecule has 2 aliphatic rings. The molecule has 1 aliphatic heterocycles. The van der Waals surface area contributed by atoms with Crippen molar-refractivity contribution in [1.82, 2.24) is 9.13 Å². The second-order valence-electron chi connectivity index (χ2n) is 11.7. The van der Waals surface area contributed by atoms with Gasteiger partial charge in [0.2, 0.25) is 0 Å². The molecule has 0 saturated heterocycles. The van der Waals surface area contributed by atoms with Crippen LogP contribution >= 0.6 is 19.7 Å². The van der Waals surface area contributed by atoms with Gasteiger partial charge in [-0.1, -0.05) is 97.1 Å². The summed E-state index contributed by atoms with van der Waals surface area (Å²) in [4.78, 5) is 0. The van der Waals surface area contributed by atoms with Gasteiger partial charge in [-0.3, -0.25) is 0 Å². The van der Waals surface area contributed by atoms with Crippen molar-refractivity contribution in [2.24, 2.45) is 0 Å². The van der Waals surface area contributed by atoms with E-state index in [1.165, 1.54) is 70.6 Å². The minimum Gasteiger partial charge on any atom is -0.313 e. The molecule has 4 aromatic carbocycles. The van der Waals surface area contributed by atoms with Crippen molar-refractivity contribution in [3.63, 3.8) is 0 Å². The molecule has 8 rings (SSSR count). The van der Waals surface area contributed by atoms with E-state index < -0.39 is 7.92 Å². The van der Waals surface area contributed by atoms with Gasteiger partial charge in [-0.15, -0.1) is 11.8 Å². The molecule has 3 heterocycles. The van der Waals surface area contributed by atoms with Gasteiger partial charge in [0.05, 0.1) is 16.6 Å². The fraction of sp³-hybridized carbons (Fsp3) is 0.122. The predicted molar refractivity (Wildman–Crippen MR) is 200 cm³/mol.